The second-order valence-electron chi connectivity index (χ2n) is 15.7. The quantitative estimate of drug-likeness (QED) is 0.169. The molecule has 0 fully saturated rings. The molecule has 8 aromatic carbocycles. The van der Waals surface area contributed by atoms with Gasteiger partial charge < -0.3 is 4.90 Å². The molecule has 280 valence electrons. The summed E-state index contributed by atoms with van der Waals surface area (Å²) in [7, 11) is 0. The Morgan fingerprint density at radius 2 is 0.966 bits per heavy atom. The topological polar surface area (TPSA) is 41.9 Å². The lowest BCUT2D eigenvalue weighted by Gasteiger charge is -2.42. The van der Waals surface area contributed by atoms with Crippen LogP contribution in [0.5, 0.6) is 0 Å². The van der Waals surface area contributed by atoms with Crippen molar-refractivity contribution in [1.29, 1.82) is 0 Å². The smallest absolute Gasteiger partial charge is 0.164 e. The molecule has 0 atom stereocenters. The Morgan fingerprint density at radius 3 is 1.69 bits per heavy atom. The Hall–Kier alpha value is -7.21. The summed E-state index contributed by atoms with van der Waals surface area (Å²) in [4.78, 5) is 17.8. The van der Waals surface area contributed by atoms with Crippen LogP contribution in [0, 0.1) is 0 Å². The van der Waals surface area contributed by atoms with E-state index in [-0.39, 0.29) is 5.41 Å². The molecule has 5 heteroatoms. The van der Waals surface area contributed by atoms with Crippen molar-refractivity contribution in [2.24, 2.45) is 0 Å². The standard InChI is InChI=1S/C54H38N4S/c1-54(2)45-26-13-14-27-47(45)58(41-21-10-5-11-22-41)48-30-29-37(34-46(48)54)38-31-39(42-24-16-25-44-43-23-12-15-28-49(43)59-50(42)44)33-40(32-38)53-56-51(35-17-6-3-7-18-35)55-52(57-53)36-19-8-4-9-20-36/h3-34H,1-2H3. The number of para-hydroxylation sites is 2. The Balaban J connectivity index is 1.15. The van der Waals surface area contributed by atoms with Gasteiger partial charge in [-0.15, -0.1) is 11.3 Å². The zero-order valence-corrected chi connectivity index (χ0v) is 33.5. The molecule has 10 aromatic rings. The predicted octanol–water partition coefficient (Wildman–Crippen LogP) is 14.7. The highest BCUT2D eigenvalue weighted by Crippen LogP contribution is 2.53. The molecule has 0 bridgehead atoms. The monoisotopic (exact) mass is 774 g/mol. The minimum absolute atomic E-state index is 0.250. The average Bonchev–Trinajstić information content (AvgIpc) is 3.69. The van der Waals surface area contributed by atoms with Gasteiger partial charge in [0.2, 0.25) is 0 Å². The van der Waals surface area contributed by atoms with E-state index in [0.717, 1.165) is 39.1 Å². The van der Waals surface area contributed by atoms with Crippen molar-refractivity contribution in [3.05, 3.63) is 205 Å². The number of rotatable bonds is 6. The molecule has 0 amide bonds. The molecule has 0 saturated heterocycles. The maximum atomic E-state index is 5.20. The second-order valence-corrected chi connectivity index (χ2v) is 16.7. The van der Waals surface area contributed by atoms with Crippen molar-refractivity contribution in [1.82, 2.24) is 15.0 Å². The molecule has 0 spiro atoms. The third-order valence-corrected chi connectivity index (χ3v) is 12.9. The van der Waals surface area contributed by atoms with E-state index in [2.05, 4.69) is 176 Å². The minimum Gasteiger partial charge on any atom is -0.310 e. The van der Waals surface area contributed by atoms with Gasteiger partial charge in [0.05, 0.1) is 11.4 Å². The molecule has 1 aliphatic heterocycles. The molecule has 0 saturated carbocycles. The molecule has 59 heavy (non-hydrogen) atoms. The number of anilines is 3. The highest BCUT2D eigenvalue weighted by Gasteiger charge is 2.37. The largest absolute Gasteiger partial charge is 0.310 e. The molecular formula is C54H38N4S. The molecule has 4 nitrogen and oxygen atoms in total. The van der Waals surface area contributed by atoms with Crippen LogP contribution >= 0.6 is 11.3 Å². The van der Waals surface area contributed by atoms with Crippen LogP contribution < -0.4 is 4.90 Å². The minimum atomic E-state index is -0.250. The Labute approximate surface area is 347 Å². The fourth-order valence-corrected chi connectivity index (χ4v) is 9.97. The highest BCUT2D eigenvalue weighted by atomic mass is 32.1. The predicted molar refractivity (Wildman–Crippen MR) is 247 cm³/mol. The summed E-state index contributed by atoms with van der Waals surface area (Å²) in [6.07, 6.45) is 0. The zero-order valence-electron chi connectivity index (χ0n) is 32.7. The summed E-state index contributed by atoms with van der Waals surface area (Å²) in [5.74, 6) is 1.92. The van der Waals surface area contributed by atoms with E-state index in [1.807, 2.05) is 47.7 Å². The Bertz CT molecular complexity index is 3130. The van der Waals surface area contributed by atoms with Gasteiger partial charge in [0, 0.05) is 48.0 Å². The zero-order chi connectivity index (χ0) is 39.5. The lowest BCUT2D eigenvalue weighted by molar-refractivity contribution is 0.632. The van der Waals surface area contributed by atoms with E-state index in [1.165, 1.54) is 48.2 Å². The number of nitrogens with zero attached hydrogens (tertiary/aromatic N) is 4. The lowest BCUT2D eigenvalue weighted by atomic mass is 9.73. The fraction of sp³-hybridized carbons (Fsp3) is 0.0556. The van der Waals surface area contributed by atoms with Crippen molar-refractivity contribution in [2.45, 2.75) is 19.3 Å². The van der Waals surface area contributed by atoms with E-state index < -0.39 is 0 Å². The summed E-state index contributed by atoms with van der Waals surface area (Å²) >= 11 is 1.85. The maximum absolute atomic E-state index is 5.20. The first-order chi connectivity index (χ1) is 29.0. The first-order valence-electron chi connectivity index (χ1n) is 20.0. The molecule has 0 aliphatic carbocycles. The van der Waals surface area contributed by atoms with Crippen molar-refractivity contribution in [3.63, 3.8) is 0 Å². The van der Waals surface area contributed by atoms with Crippen LogP contribution in [0.25, 0.3) is 76.6 Å². The van der Waals surface area contributed by atoms with Gasteiger partial charge in [0.25, 0.3) is 0 Å². The molecule has 0 radical (unpaired) electrons. The van der Waals surface area contributed by atoms with Gasteiger partial charge in [-0.05, 0) is 88.0 Å². The van der Waals surface area contributed by atoms with Crippen LogP contribution in [0.15, 0.2) is 194 Å². The van der Waals surface area contributed by atoms with E-state index >= 15 is 0 Å². The van der Waals surface area contributed by atoms with Gasteiger partial charge in [0.1, 0.15) is 0 Å². The molecule has 2 aromatic heterocycles. The number of hydrogen-bond donors (Lipinski definition) is 0. The second kappa shape index (κ2) is 14.0. The summed E-state index contributed by atoms with van der Waals surface area (Å²) in [5, 5.41) is 2.55. The summed E-state index contributed by atoms with van der Waals surface area (Å²) in [5.41, 5.74) is 13.2. The Kier molecular flexibility index (Phi) is 8.31. The first-order valence-corrected chi connectivity index (χ1v) is 20.8. The van der Waals surface area contributed by atoms with Crippen molar-refractivity contribution in [3.8, 4) is 56.4 Å². The van der Waals surface area contributed by atoms with E-state index in [0.29, 0.717) is 17.5 Å². The summed E-state index contributed by atoms with van der Waals surface area (Å²) in [6, 6.07) is 69.1. The number of aromatic nitrogens is 3. The van der Waals surface area contributed by atoms with Crippen LogP contribution in [0.2, 0.25) is 0 Å². The maximum Gasteiger partial charge on any atom is 0.164 e. The van der Waals surface area contributed by atoms with Crippen LogP contribution in [0.3, 0.4) is 0 Å². The van der Waals surface area contributed by atoms with Crippen LogP contribution in [0.1, 0.15) is 25.0 Å². The third-order valence-electron chi connectivity index (χ3n) is 11.7. The molecular weight excluding hydrogens is 737 g/mol. The molecule has 3 heterocycles. The van der Waals surface area contributed by atoms with Gasteiger partial charge in [-0.1, -0.05) is 153 Å². The summed E-state index contributed by atoms with van der Waals surface area (Å²) in [6.45, 7) is 4.70. The number of fused-ring (bicyclic) bond motifs is 5. The SMILES string of the molecule is CC1(C)c2ccccc2N(c2ccccc2)c2ccc(-c3cc(-c4nc(-c5ccccc5)nc(-c5ccccc5)n4)cc(-c4cccc5c4sc4ccccc45)c3)cc21. The molecule has 1 aliphatic rings. The van der Waals surface area contributed by atoms with E-state index in [9.17, 15) is 0 Å². The van der Waals surface area contributed by atoms with Gasteiger partial charge in [-0.2, -0.15) is 0 Å². The number of hydrogen-bond acceptors (Lipinski definition) is 5. The fourth-order valence-electron chi connectivity index (χ4n) is 8.73. The number of thiophene rings is 1. The van der Waals surface area contributed by atoms with Crippen molar-refractivity contribution in [2.75, 3.05) is 4.90 Å². The third kappa shape index (κ3) is 6.01. The first kappa shape index (κ1) is 35.0. The van der Waals surface area contributed by atoms with Crippen LogP contribution in [0.4, 0.5) is 17.1 Å². The lowest BCUT2D eigenvalue weighted by Crippen LogP contribution is -2.30. The van der Waals surface area contributed by atoms with Crippen molar-refractivity contribution >= 4 is 48.6 Å². The van der Waals surface area contributed by atoms with Crippen molar-refractivity contribution < 1.29 is 0 Å². The summed E-state index contributed by atoms with van der Waals surface area (Å²) < 4.78 is 2.55. The van der Waals surface area contributed by atoms with Gasteiger partial charge >= 0.3 is 0 Å². The van der Waals surface area contributed by atoms with Gasteiger partial charge in [-0.25, -0.2) is 15.0 Å². The average molecular weight is 775 g/mol. The normalized spacial score (nSPS) is 13.0. The van der Waals surface area contributed by atoms with Gasteiger partial charge in [0.15, 0.2) is 17.5 Å². The molecule has 0 unspecified atom stereocenters. The molecule has 11 rings (SSSR count). The molecule has 0 N–H and O–H groups in total. The van der Waals surface area contributed by atoms with Crippen LogP contribution in [-0.2, 0) is 5.41 Å². The van der Waals surface area contributed by atoms with E-state index in [4.69, 9.17) is 15.0 Å². The highest BCUT2D eigenvalue weighted by molar-refractivity contribution is 7.26. The van der Waals surface area contributed by atoms with E-state index in [1.54, 1.807) is 0 Å². The number of benzene rings is 8. The van der Waals surface area contributed by atoms with Gasteiger partial charge in [-0.3, -0.25) is 0 Å². The van der Waals surface area contributed by atoms with Crippen LogP contribution in [-0.4, -0.2) is 15.0 Å². The Morgan fingerprint density at radius 1 is 0.407 bits per heavy atom.